The lowest BCUT2D eigenvalue weighted by atomic mass is 9.84. The average molecular weight is 595 g/mol. The zero-order valence-electron chi connectivity index (χ0n) is 25.4. The van der Waals surface area contributed by atoms with Gasteiger partial charge in [-0.25, -0.2) is 4.39 Å². The Morgan fingerprint density at radius 3 is 2.40 bits per heavy atom. The van der Waals surface area contributed by atoms with Gasteiger partial charge in [-0.3, -0.25) is 19.2 Å². The van der Waals surface area contributed by atoms with Crippen LogP contribution in [-0.2, 0) is 19.8 Å². The molecule has 0 aromatic heterocycles. The van der Waals surface area contributed by atoms with E-state index in [4.69, 9.17) is 4.74 Å². The summed E-state index contributed by atoms with van der Waals surface area (Å²) in [6, 6.07) is 11.4. The first-order chi connectivity index (χ1) is 20.4. The molecule has 1 saturated carbocycles. The van der Waals surface area contributed by atoms with Gasteiger partial charge in [0.2, 0.25) is 17.7 Å². The van der Waals surface area contributed by atoms with E-state index in [0.717, 1.165) is 18.4 Å². The van der Waals surface area contributed by atoms with Crippen LogP contribution in [0.1, 0.15) is 82.1 Å². The van der Waals surface area contributed by atoms with Crippen LogP contribution in [0, 0.1) is 11.7 Å². The lowest BCUT2D eigenvalue weighted by Crippen LogP contribution is -2.60. The lowest BCUT2D eigenvalue weighted by molar-refractivity contribution is -0.134. The number of hydrogen-bond donors (Lipinski definition) is 4. The molecule has 0 saturated heterocycles. The number of fused-ring (bicyclic) bond motifs is 1. The molecule has 232 valence electrons. The van der Waals surface area contributed by atoms with E-state index in [-0.39, 0.29) is 61.1 Å². The number of carbonyl (C=O) groups is 4. The first kappa shape index (κ1) is 32.0. The monoisotopic (exact) mass is 594 g/mol. The molecule has 0 bridgehead atoms. The minimum Gasteiger partial charge on any atom is -0.491 e. The second kappa shape index (κ2) is 13.6. The number of rotatable bonds is 5. The molecule has 1 aliphatic heterocycles. The van der Waals surface area contributed by atoms with E-state index in [2.05, 4.69) is 21.3 Å². The Morgan fingerprint density at radius 2 is 1.72 bits per heavy atom. The minimum atomic E-state index is -1.03. The Labute approximate surface area is 252 Å². The summed E-state index contributed by atoms with van der Waals surface area (Å²) in [7, 11) is 0. The first-order valence-corrected chi connectivity index (χ1v) is 15.1. The van der Waals surface area contributed by atoms with Crippen molar-refractivity contribution >= 4 is 23.6 Å². The molecule has 0 unspecified atom stereocenters. The molecular weight excluding hydrogens is 551 g/mol. The molecule has 9 nitrogen and oxygen atoms in total. The van der Waals surface area contributed by atoms with Gasteiger partial charge in [0, 0.05) is 18.4 Å². The Bertz CT molecular complexity index is 1320. The van der Waals surface area contributed by atoms with Gasteiger partial charge in [0.1, 0.15) is 29.8 Å². The molecule has 2 aromatic carbocycles. The molecule has 4 amide bonds. The Kier molecular flexibility index (Phi) is 10.1. The number of ether oxygens (including phenoxy) is 1. The molecule has 2 aliphatic rings. The summed E-state index contributed by atoms with van der Waals surface area (Å²) in [5.41, 5.74) is -0.471. The third-order valence-electron chi connectivity index (χ3n) is 8.55. The Hall–Kier alpha value is -3.95. The Balaban J connectivity index is 1.59. The van der Waals surface area contributed by atoms with Gasteiger partial charge in [-0.1, -0.05) is 64.8 Å². The smallest absolute Gasteiger partial charge is 0.255 e. The third-order valence-corrected chi connectivity index (χ3v) is 8.55. The van der Waals surface area contributed by atoms with E-state index in [9.17, 15) is 23.6 Å². The van der Waals surface area contributed by atoms with Crippen molar-refractivity contribution in [2.24, 2.45) is 5.92 Å². The van der Waals surface area contributed by atoms with Crippen LogP contribution in [0.15, 0.2) is 48.5 Å². The van der Waals surface area contributed by atoms with Crippen LogP contribution in [0.2, 0.25) is 0 Å². The van der Waals surface area contributed by atoms with Gasteiger partial charge in [-0.2, -0.15) is 0 Å². The highest BCUT2D eigenvalue weighted by molar-refractivity contribution is 6.00. The zero-order chi connectivity index (χ0) is 31.2. The average Bonchev–Trinajstić information content (AvgIpc) is 3.45. The molecule has 1 spiro atoms. The zero-order valence-corrected chi connectivity index (χ0v) is 25.4. The van der Waals surface area contributed by atoms with Crippen LogP contribution in [0.25, 0.3) is 0 Å². The van der Waals surface area contributed by atoms with Gasteiger partial charge < -0.3 is 26.0 Å². The molecule has 1 aliphatic carbocycles. The quantitative estimate of drug-likeness (QED) is 0.420. The predicted octanol–water partition coefficient (Wildman–Crippen LogP) is 3.76. The van der Waals surface area contributed by atoms with Gasteiger partial charge in [0.05, 0.1) is 11.6 Å². The van der Waals surface area contributed by atoms with Crippen molar-refractivity contribution in [3.63, 3.8) is 0 Å². The van der Waals surface area contributed by atoms with Crippen LogP contribution in [-0.4, -0.2) is 54.4 Å². The maximum absolute atomic E-state index is 13.6. The van der Waals surface area contributed by atoms with E-state index in [1.54, 1.807) is 36.4 Å². The van der Waals surface area contributed by atoms with E-state index in [0.29, 0.717) is 18.6 Å². The molecule has 43 heavy (non-hydrogen) atoms. The van der Waals surface area contributed by atoms with Gasteiger partial charge >= 0.3 is 0 Å². The fourth-order valence-corrected chi connectivity index (χ4v) is 5.60. The molecular formula is C33H43FN4O5. The highest BCUT2D eigenvalue weighted by atomic mass is 19.1. The van der Waals surface area contributed by atoms with Crippen molar-refractivity contribution < 1.29 is 28.3 Å². The molecule has 1 heterocycles. The van der Waals surface area contributed by atoms with Crippen LogP contribution in [0.5, 0.6) is 5.75 Å². The Morgan fingerprint density at radius 1 is 1.05 bits per heavy atom. The van der Waals surface area contributed by atoms with Gasteiger partial charge in [-0.05, 0) is 55.0 Å². The maximum atomic E-state index is 13.6. The minimum absolute atomic E-state index is 0.0235. The van der Waals surface area contributed by atoms with Crippen LogP contribution >= 0.6 is 0 Å². The molecule has 0 radical (unpaired) electrons. The predicted molar refractivity (Wildman–Crippen MR) is 161 cm³/mol. The third kappa shape index (κ3) is 7.91. The van der Waals surface area contributed by atoms with Crippen molar-refractivity contribution in [1.29, 1.82) is 0 Å². The van der Waals surface area contributed by atoms with Crippen LogP contribution in [0.3, 0.4) is 0 Å². The van der Waals surface area contributed by atoms with Gasteiger partial charge in [-0.15, -0.1) is 0 Å². The summed E-state index contributed by atoms with van der Waals surface area (Å²) in [5, 5.41) is 11.8. The first-order valence-electron chi connectivity index (χ1n) is 15.1. The SMILES string of the molecule is CC(C)[C@@H]1COc2ccccc2C(=O)N[C@H](C(=O)NCC(C)(C)c2ccc(F)cc2)CCC(=O)NC2(CCCC2)C(=O)N1. The summed E-state index contributed by atoms with van der Waals surface area (Å²) in [6.07, 6.45) is 2.64. The maximum Gasteiger partial charge on any atom is 0.255 e. The molecule has 10 heteroatoms. The van der Waals surface area contributed by atoms with Crippen molar-refractivity contribution in [2.75, 3.05) is 13.2 Å². The number of hydrogen-bond acceptors (Lipinski definition) is 5. The number of carbonyl (C=O) groups excluding carboxylic acids is 4. The second-order valence-corrected chi connectivity index (χ2v) is 12.6. The number of benzene rings is 2. The van der Waals surface area contributed by atoms with Crippen molar-refractivity contribution in [3.8, 4) is 5.75 Å². The van der Waals surface area contributed by atoms with Gasteiger partial charge in [0.25, 0.3) is 5.91 Å². The number of para-hydroxylation sites is 1. The van der Waals surface area contributed by atoms with Crippen molar-refractivity contribution in [2.45, 2.75) is 89.3 Å². The fraction of sp³-hybridized carbons (Fsp3) is 0.515. The summed E-state index contributed by atoms with van der Waals surface area (Å²) in [6.45, 7) is 8.14. The number of halogens is 1. The molecule has 2 atom stereocenters. The molecule has 4 rings (SSSR count). The number of nitrogens with one attached hydrogen (secondary N) is 4. The molecule has 2 aromatic rings. The standard InChI is InChI=1S/C33H43FN4O5/c1-21(2)26-19-43-27-10-6-5-9-24(27)29(40)36-25(15-16-28(39)38-33(31(42)37-26)17-7-8-18-33)30(41)35-20-32(3,4)22-11-13-23(34)14-12-22/h5-6,9-14,21,25-26H,7-8,15-20H2,1-4H3,(H,35,41)(H,36,40)(H,37,42)(H,38,39)/t25-,26-/m0/s1. The highest BCUT2D eigenvalue weighted by Gasteiger charge is 2.43. The van der Waals surface area contributed by atoms with E-state index < -0.39 is 28.8 Å². The van der Waals surface area contributed by atoms with Crippen molar-refractivity contribution in [1.82, 2.24) is 21.3 Å². The highest BCUT2D eigenvalue weighted by Crippen LogP contribution is 2.31. The van der Waals surface area contributed by atoms with Crippen LogP contribution < -0.4 is 26.0 Å². The topological polar surface area (TPSA) is 126 Å². The molecule has 1 fully saturated rings. The number of amides is 4. The molecule has 4 N–H and O–H groups in total. The van der Waals surface area contributed by atoms with Gasteiger partial charge in [0.15, 0.2) is 0 Å². The summed E-state index contributed by atoms with van der Waals surface area (Å²) < 4.78 is 19.5. The van der Waals surface area contributed by atoms with Crippen molar-refractivity contribution in [3.05, 3.63) is 65.5 Å². The lowest BCUT2D eigenvalue weighted by Gasteiger charge is -2.32. The van der Waals surface area contributed by atoms with E-state index >= 15 is 0 Å². The fourth-order valence-electron chi connectivity index (χ4n) is 5.60. The summed E-state index contributed by atoms with van der Waals surface area (Å²) >= 11 is 0. The van der Waals surface area contributed by atoms with E-state index in [1.165, 1.54) is 12.1 Å². The second-order valence-electron chi connectivity index (χ2n) is 12.6. The van der Waals surface area contributed by atoms with Crippen LogP contribution in [0.4, 0.5) is 4.39 Å². The largest absolute Gasteiger partial charge is 0.491 e. The normalized spacial score (nSPS) is 21.5. The summed E-state index contributed by atoms with van der Waals surface area (Å²) in [5.74, 6) is -1.55. The van der Waals surface area contributed by atoms with E-state index in [1.807, 2.05) is 27.7 Å². The summed E-state index contributed by atoms with van der Waals surface area (Å²) in [4.78, 5) is 53.8.